The van der Waals surface area contributed by atoms with E-state index < -0.39 is 6.03 Å². The monoisotopic (exact) mass is 300 g/mol. The minimum Gasteiger partial charge on any atom is -0.462 e. The maximum absolute atomic E-state index is 12.0. The fourth-order valence-corrected chi connectivity index (χ4v) is 2.36. The zero-order chi connectivity index (χ0) is 15.5. The third kappa shape index (κ3) is 2.78. The Morgan fingerprint density at radius 1 is 1.41 bits per heavy atom. The summed E-state index contributed by atoms with van der Waals surface area (Å²) in [4.78, 5) is 23.7. The number of aryl methyl sites for hydroxylation is 1. The number of cyclic esters (lactones) is 1. The van der Waals surface area contributed by atoms with Crippen molar-refractivity contribution in [1.29, 1.82) is 0 Å². The smallest absolute Gasteiger partial charge is 0.338 e. The van der Waals surface area contributed by atoms with Crippen LogP contribution < -0.4 is 10.6 Å². The molecule has 0 radical (unpaired) electrons. The highest BCUT2D eigenvalue weighted by molar-refractivity contribution is 6.01. The topological polar surface area (TPSA) is 96.1 Å². The summed E-state index contributed by atoms with van der Waals surface area (Å²) >= 11 is 0. The van der Waals surface area contributed by atoms with Gasteiger partial charge in [0.1, 0.15) is 5.82 Å². The first-order valence-corrected chi connectivity index (χ1v) is 7.07. The summed E-state index contributed by atoms with van der Waals surface area (Å²) in [5.41, 5.74) is 2.89. The van der Waals surface area contributed by atoms with Gasteiger partial charge in [-0.15, -0.1) is 0 Å². The Labute approximate surface area is 127 Å². The zero-order valence-electron chi connectivity index (χ0n) is 12.1. The second-order valence-corrected chi connectivity index (χ2v) is 4.96. The molecule has 0 aliphatic carbocycles. The predicted molar refractivity (Wildman–Crippen MR) is 81.0 cm³/mol. The van der Waals surface area contributed by atoms with Crippen molar-refractivity contribution in [3.8, 4) is 0 Å². The normalized spacial score (nSPS) is 13.2. The maximum atomic E-state index is 12.0. The van der Waals surface area contributed by atoms with E-state index in [2.05, 4.69) is 20.8 Å². The first kappa shape index (κ1) is 14.1. The van der Waals surface area contributed by atoms with Crippen molar-refractivity contribution >= 4 is 23.5 Å². The van der Waals surface area contributed by atoms with Gasteiger partial charge >= 0.3 is 12.0 Å². The van der Waals surface area contributed by atoms with Crippen molar-refractivity contribution in [2.75, 3.05) is 17.2 Å². The number of nitrogens with one attached hydrogen (secondary N) is 3. The number of aromatic nitrogens is 2. The van der Waals surface area contributed by atoms with Gasteiger partial charge in [-0.25, -0.2) is 9.59 Å². The van der Waals surface area contributed by atoms with Gasteiger partial charge in [0.15, 0.2) is 0 Å². The van der Waals surface area contributed by atoms with Crippen LogP contribution in [0.3, 0.4) is 0 Å². The summed E-state index contributed by atoms with van der Waals surface area (Å²) in [6, 6.07) is 4.83. The molecular weight excluding hydrogens is 284 g/mol. The number of H-pyrrole nitrogens is 1. The highest BCUT2D eigenvalue weighted by atomic mass is 16.5. The van der Waals surface area contributed by atoms with E-state index in [-0.39, 0.29) is 5.97 Å². The SMILES string of the molecule is CCc1cn[nH]c1NC(=O)Nc1ccc2c(c1)C(=O)OCC2. The molecule has 114 valence electrons. The molecule has 3 rings (SSSR count). The lowest BCUT2D eigenvalue weighted by Gasteiger charge is -2.16. The molecular formula is C15H16N4O3. The molecule has 1 aliphatic heterocycles. The van der Waals surface area contributed by atoms with Gasteiger partial charge in [-0.3, -0.25) is 10.4 Å². The van der Waals surface area contributed by atoms with Gasteiger partial charge in [-0.05, 0) is 24.1 Å². The van der Waals surface area contributed by atoms with Crippen LogP contribution in [-0.2, 0) is 17.6 Å². The maximum Gasteiger partial charge on any atom is 0.338 e. The molecule has 22 heavy (non-hydrogen) atoms. The van der Waals surface area contributed by atoms with E-state index in [1.807, 2.05) is 13.0 Å². The molecule has 0 saturated heterocycles. The first-order valence-electron chi connectivity index (χ1n) is 7.07. The van der Waals surface area contributed by atoms with Gasteiger partial charge in [-0.1, -0.05) is 13.0 Å². The summed E-state index contributed by atoms with van der Waals surface area (Å²) in [5.74, 6) is 0.213. The van der Waals surface area contributed by atoms with E-state index in [9.17, 15) is 9.59 Å². The van der Waals surface area contributed by atoms with E-state index in [1.165, 1.54) is 0 Å². The Bertz CT molecular complexity index is 723. The minimum atomic E-state index is -0.400. The number of hydrogen-bond donors (Lipinski definition) is 3. The molecule has 0 bridgehead atoms. The Hall–Kier alpha value is -2.83. The second kappa shape index (κ2) is 5.88. The van der Waals surface area contributed by atoms with E-state index in [4.69, 9.17) is 4.74 Å². The van der Waals surface area contributed by atoms with Crippen molar-refractivity contribution in [2.45, 2.75) is 19.8 Å². The highest BCUT2D eigenvalue weighted by Gasteiger charge is 2.19. The summed E-state index contributed by atoms with van der Waals surface area (Å²) in [6.45, 7) is 2.38. The van der Waals surface area contributed by atoms with Gasteiger partial charge in [0.2, 0.25) is 0 Å². The molecule has 3 N–H and O–H groups in total. The molecule has 2 amide bonds. The van der Waals surface area contributed by atoms with Crippen LogP contribution in [0.15, 0.2) is 24.4 Å². The number of aromatic amines is 1. The quantitative estimate of drug-likeness (QED) is 0.758. The molecule has 1 aliphatic rings. The number of nitrogens with zero attached hydrogens (tertiary/aromatic N) is 1. The van der Waals surface area contributed by atoms with Crippen LogP contribution >= 0.6 is 0 Å². The average Bonchev–Trinajstić information content (AvgIpc) is 2.95. The van der Waals surface area contributed by atoms with Crippen molar-refractivity contribution < 1.29 is 14.3 Å². The molecule has 7 heteroatoms. The van der Waals surface area contributed by atoms with Crippen molar-refractivity contribution in [3.05, 3.63) is 41.1 Å². The summed E-state index contributed by atoms with van der Waals surface area (Å²) in [5, 5.41) is 12.0. The summed E-state index contributed by atoms with van der Waals surface area (Å²) in [7, 11) is 0. The molecule has 2 aromatic rings. The third-order valence-electron chi connectivity index (χ3n) is 3.53. The van der Waals surface area contributed by atoms with Crippen LogP contribution in [0.4, 0.5) is 16.3 Å². The predicted octanol–water partition coefficient (Wildman–Crippen LogP) is 2.33. The van der Waals surface area contributed by atoms with E-state index in [1.54, 1.807) is 18.3 Å². The molecule has 1 aromatic heterocycles. The number of anilines is 2. The molecule has 0 unspecified atom stereocenters. The molecule has 2 heterocycles. The largest absolute Gasteiger partial charge is 0.462 e. The van der Waals surface area contributed by atoms with Crippen LogP contribution in [0.2, 0.25) is 0 Å². The van der Waals surface area contributed by atoms with E-state index in [0.717, 1.165) is 17.5 Å². The number of carbonyl (C=O) groups excluding carboxylic acids is 2. The number of fused-ring (bicyclic) bond motifs is 1. The Balaban J connectivity index is 1.72. The number of benzene rings is 1. The second-order valence-electron chi connectivity index (χ2n) is 4.96. The molecule has 0 spiro atoms. The summed E-state index contributed by atoms with van der Waals surface area (Å²) in [6.07, 6.45) is 3.13. The van der Waals surface area contributed by atoms with Gasteiger partial charge < -0.3 is 10.1 Å². The number of hydrogen-bond acceptors (Lipinski definition) is 4. The number of carbonyl (C=O) groups is 2. The first-order chi connectivity index (χ1) is 10.7. The standard InChI is InChI=1S/C15H16N4O3/c1-2-9-8-16-19-13(9)18-15(21)17-11-4-3-10-5-6-22-14(20)12(10)7-11/h3-4,7-8H,2,5-6H2,1H3,(H3,16,17,18,19,21). The van der Waals surface area contributed by atoms with Crippen molar-refractivity contribution in [1.82, 2.24) is 10.2 Å². The molecule has 0 saturated carbocycles. The molecule has 0 atom stereocenters. The summed E-state index contributed by atoms with van der Waals surface area (Å²) < 4.78 is 5.00. The van der Waals surface area contributed by atoms with E-state index in [0.29, 0.717) is 30.1 Å². The van der Waals surface area contributed by atoms with Crippen molar-refractivity contribution in [2.24, 2.45) is 0 Å². The van der Waals surface area contributed by atoms with Crippen LogP contribution in [0.5, 0.6) is 0 Å². The Morgan fingerprint density at radius 3 is 3.09 bits per heavy atom. The number of urea groups is 1. The van der Waals surface area contributed by atoms with Gasteiger partial charge in [0.25, 0.3) is 0 Å². The fourth-order valence-electron chi connectivity index (χ4n) is 2.36. The minimum absolute atomic E-state index is 0.354. The lowest BCUT2D eigenvalue weighted by atomic mass is 10.0. The number of esters is 1. The van der Waals surface area contributed by atoms with Crippen LogP contribution in [0, 0.1) is 0 Å². The van der Waals surface area contributed by atoms with Gasteiger partial charge in [0, 0.05) is 17.7 Å². The third-order valence-corrected chi connectivity index (χ3v) is 3.53. The van der Waals surface area contributed by atoms with Gasteiger partial charge in [0.05, 0.1) is 18.4 Å². The van der Waals surface area contributed by atoms with Crippen LogP contribution in [0.1, 0.15) is 28.4 Å². The lowest BCUT2D eigenvalue weighted by molar-refractivity contribution is 0.0480. The number of ether oxygens (including phenoxy) is 1. The van der Waals surface area contributed by atoms with Gasteiger partial charge in [-0.2, -0.15) is 5.10 Å². The Kier molecular flexibility index (Phi) is 3.78. The van der Waals surface area contributed by atoms with Crippen LogP contribution in [0.25, 0.3) is 0 Å². The van der Waals surface area contributed by atoms with E-state index >= 15 is 0 Å². The molecule has 7 nitrogen and oxygen atoms in total. The molecule has 1 aromatic carbocycles. The van der Waals surface area contributed by atoms with Crippen molar-refractivity contribution in [3.63, 3.8) is 0 Å². The average molecular weight is 300 g/mol. The lowest BCUT2D eigenvalue weighted by Crippen LogP contribution is -2.22. The highest BCUT2D eigenvalue weighted by Crippen LogP contribution is 2.21. The molecule has 0 fully saturated rings. The van der Waals surface area contributed by atoms with Crippen LogP contribution in [-0.4, -0.2) is 28.8 Å². The number of amides is 2. The fraction of sp³-hybridized carbons (Fsp3) is 0.267. The Morgan fingerprint density at radius 2 is 2.27 bits per heavy atom. The zero-order valence-corrected chi connectivity index (χ0v) is 12.1. The number of rotatable bonds is 3.